The zero-order chi connectivity index (χ0) is 17.8. The molecule has 0 aliphatic carbocycles. The summed E-state index contributed by atoms with van der Waals surface area (Å²) in [5.41, 5.74) is 1.22. The molecule has 0 bridgehead atoms. The van der Waals surface area contributed by atoms with Gasteiger partial charge in [-0.05, 0) is 52.0 Å². The average molecular weight is 345 g/mol. The van der Waals surface area contributed by atoms with Gasteiger partial charge < -0.3 is 20.0 Å². The maximum absolute atomic E-state index is 12.7. The van der Waals surface area contributed by atoms with Crippen LogP contribution in [-0.2, 0) is 11.3 Å². The summed E-state index contributed by atoms with van der Waals surface area (Å²) in [5.74, 6) is 1.57. The predicted octanol–water partition coefficient (Wildman–Crippen LogP) is 1.18. The van der Waals surface area contributed by atoms with Crippen LogP contribution in [0.4, 0.5) is 5.82 Å². The maximum Gasteiger partial charge on any atom is 0.225 e. The molecule has 2 atom stereocenters. The molecule has 2 fully saturated rings. The summed E-state index contributed by atoms with van der Waals surface area (Å²) in [6.07, 6.45) is 3.90. The Balaban J connectivity index is 1.52. The molecule has 0 spiro atoms. The van der Waals surface area contributed by atoms with E-state index >= 15 is 0 Å². The van der Waals surface area contributed by atoms with E-state index in [4.69, 9.17) is 0 Å². The van der Waals surface area contributed by atoms with Crippen molar-refractivity contribution in [2.45, 2.75) is 32.4 Å². The number of carbonyl (C=O) groups excluding carboxylic acids is 1. The number of anilines is 1. The fraction of sp³-hybridized carbons (Fsp3) is 0.684. The minimum Gasteiger partial charge on any atom is -0.353 e. The van der Waals surface area contributed by atoms with E-state index in [1.54, 1.807) is 0 Å². The minimum absolute atomic E-state index is 0.200. The molecule has 6 nitrogen and oxygen atoms in total. The first kappa shape index (κ1) is 18.1. The van der Waals surface area contributed by atoms with Crippen LogP contribution < -0.4 is 10.2 Å². The molecular weight excluding hydrogens is 314 g/mol. The van der Waals surface area contributed by atoms with Crippen LogP contribution in [0.3, 0.4) is 0 Å². The van der Waals surface area contributed by atoms with Crippen molar-refractivity contribution in [1.29, 1.82) is 0 Å². The highest BCUT2D eigenvalue weighted by molar-refractivity contribution is 5.79. The van der Waals surface area contributed by atoms with Gasteiger partial charge in [-0.1, -0.05) is 6.07 Å². The molecule has 3 rings (SSSR count). The number of nitrogens with one attached hydrogen (secondary N) is 1. The number of hydrogen-bond acceptors (Lipinski definition) is 5. The van der Waals surface area contributed by atoms with E-state index in [2.05, 4.69) is 58.2 Å². The van der Waals surface area contributed by atoms with Gasteiger partial charge in [0.1, 0.15) is 5.82 Å². The summed E-state index contributed by atoms with van der Waals surface area (Å²) in [6, 6.07) is 4.70. The Bertz CT molecular complexity index is 566. The number of nitrogens with zero attached hydrogens (tertiary/aromatic N) is 4. The average Bonchev–Trinajstić information content (AvgIpc) is 2.61. The number of aromatic nitrogens is 1. The van der Waals surface area contributed by atoms with E-state index in [1.807, 2.05) is 6.20 Å². The molecule has 3 heterocycles. The van der Waals surface area contributed by atoms with E-state index in [0.29, 0.717) is 11.9 Å². The normalized spacial score (nSPS) is 24.6. The van der Waals surface area contributed by atoms with Crippen LogP contribution in [0.1, 0.15) is 25.3 Å². The summed E-state index contributed by atoms with van der Waals surface area (Å²) in [7, 11) is 4.13. The smallest absolute Gasteiger partial charge is 0.225 e. The Morgan fingerprint density at radius 3 is 2.64 bits per heavy atom. The van der Waals surface area contributed by atoms with Crippen LogP contribution in [0.25, 0.3) is 0 Å². The molecule has 6 heteroatoms. The van der Waals surface area contributed by atoms with Crippen LogP contribution in [0, 0.1) is 5.92 Å². The monoisotopic (exact) mass is 345 g/mol. The van der Waals surface area contributed by atoms with Gasteiger partial charge in [-0.3, -0.25) is 4.79 Å². The molecule has 1 aromatic rings. The standard InChI is InChI=1S/C19H31N5O/c1-15-12-17(6-7-20-15)19(25)24-10-8-23(9-11-24)18-5-4-16(13-21-18)14-22(2)3/h4-5,13,15,17,20H,6-12,14H2,1-3H3/t15-,17-/m0/s1. The molecule has 1 N–H and O–H groups in total. The molecular formula is C19H31N5O. The Morgan fingerprint density at radius 1 is 1.28 bits per heavy atom. The lowest BCUT2D eigenvalue weighted by molar-refractivity contribution is -0.137. The van der Waals surface area contributed by atoms with Gasteiger partial charge in [-0.15, -0.1) is 0 Å². The number of hydrogen-bond donors (Lipinski definition) is 1. The highest BCUT2D eigenvalue weighted by atomic mass is 16.2. The molecule has 0 aromatic carbocycles. The third-order valence-electron chi connectivity index (χ3n) is 5.20. The fourth-order valence-electron chi connectivity index (χ4n) is 3.83. The molecule has 2 aliphatic heterocycles. The van der Waals surface area contributed by atoms with Crippen molar-refractivity contribution in [2.24, 2.45) is 5.92 Å². The highest BCUT2D eigenvalue weighted by Gasteiger charge is 2.30. The van der Waals surface area contributed by atoms with E-state index in [-0.39, 0.29) is 5.92 Å². The van der Waals surface area contributed by atoms with Crippen molar-refractivity contribution < 1.29 is 4.79 Å². The Morgan fingerprint density at radius 2 is 2.04 bits per heavy atom. The van der Waals surface area contributed by atoms with E-state index in [9.17, 15) is 4.79 Å². The number of amides is 1. The van der Waals surface area contributed by atoms with Gasteiger partial charge in [0.2, 0.25) is 5.91 Å². The van der Waals surface area contributed by atoms with Gasteiger partial charge in [0.05, 0.1) is 0 Å². The fourth-order valence-corrected chi connectivity index (χ4v) is 3.83. The van der Waals surface area contributed by atoms with Crippen LogP contribution in [0.2, 0.25) is 0 Å². The first-order chi connectivity index (χ1) is 12.0. The Kier molecular flexibility index (Phi) is 5.91. The van der Waals surface area contributed by atoms with Crippen LogP contribution in [-0.4, -0.2) is 73.6 Å². The second kappa shape index (κ2) is 8.15. The summed E-state index contributed by atoms with van der Waals surface area (Å²) in [5, 5.41) is 3.42. The third kappa shape index (κ3) is 4.70. The number of rotatable bonds is 4. The van der Waals surface area contributed by atoms with E-state index in [0.717, 1.165) is 57.9 Å². The van der Waals surface area contributed by atoms with Crippen molar-refractivity contribution in [2.75, 3.05) is 51.7 Å². The van der Waals surface area contributed by atoms with E-state index in [1.165, 1.54) is 5.56 Å². The molecule has 0 unspecified atom stereocenters. The second-order valence-corrected chi connectivity index (χ2v) is 7.65. The number of carbonyl (C=O) groups is 1. The van der Waals surface area contributed by atoms with Gasteiger partial charge in [0.15, 0.2) is 0 Å². The molecule has 0 saturated carbocycles. The molecule has 2 aliphatic rings. The lowest BCUT2D eigenvalue weighted by Crippen LogP contribution is -2.52. The zero-order valence-corrected chi connectivity index (χ0v) is 15.7. The van der Waals surface area contributed by atoms with Crippen molar-refractivity contribution in [3.05, 3.63) is 23.9 Å². The second-order valence-electron chi connectivity index (χ2n) is 7.65. The zero-order valence-electron chi connectivity index (χ0n) is 15.7. The summed E-state index contributed by atoms with van der Waals surface area (Å²) >= 11 is 0. The van der Waals surface area contributed by atoms with Gasteiger partial charge in [0.25, 0.3) is 0 Å². The Hall–Kier alpha value is -1.66. The topological polar surface area (TPSA) is 51.7 Å². The molecule has 2 saturated heterocycles. The van der Waals surface area contributed by atoms with Gasteiger partial charge in [0, 0.05) is 50.9 Å². The summed E-state index contributed by atoms with van der Waals surface area (Å²) in [4.78, 5) is 23.8. The lowest BCUT2D eigenvalue weighted by atomic mass is 9.92. The highest BCUT2D eigenvalue weighted by Crippen LogP contribution is 2.21. The third-order valence-corrected chi connectivity index (χ3v) is 5.20. The first-order valence-corrected chi connectivity index (χ1v) is 9.39. The predicted molar refractivity (Wildman–Crippen MR) is 101 cm³/mol. The van der Waals surface area contributed by atoms with Crippen molar-refractivity contribution >= 4 is 11.7 Å². The molecule has 1 aromatic heterocycles. The van der Waals surface area contributed by atoms with Gasteiger partial charge in [-0.25, -0.2) is 4.98 Å². The minimum atomic E-state index is 0.200. The van der Waals surface area contributed by atoms with Crippen molar-refractivity contribution in [1.82, 2.24) is 20.1 Å². The lowest BCUT2D eigenvalue weighted by Gasteiger charge is -2.38. The van der Waals surface area contributed by atoms with Gasteiger partial charge >= 0.3 is 0 Å². The SMILES string of the molecule is C[C@H]1C[C@@H](C(=O)N2CCN(c3ccc(CN(C)C)cn3)CC2)CCN1. The van der Waals surface area contributed by atoms with Gasteiger partial charge in [-0.2, -0.15) is 0 Å². The van der Waals surface area contributed by atoms with Crippen LogP contribution >= 0.6 is 0 Å². The quantitative estimate of drug-likeness (QED) is 0.888. The van der Waals surface area contributed by atoms with Crippen LogP contribution in [0.5, 0.6) is 0 Å². The van der Waals surface area contributed by atoms with Crippen LogP contribution in [0.15, 0.2) is 18.3 Å². The molecule has 25 heavy (non-hydrogen) atoms. The molecule has 138 valence electrons. The maximum atomic E-state index is 12.7. The number of piperidine rings is 1. The van der Waals surface area contributed by atoms with E-state index < -0.39 is 0 Å². The van der Waals surface area contributed by atoms with Crippen molar-refractivity contribution in [3.63, 3.8) is 0 Å². The first-order valence-electron chi connectivity index (χ1n) is 9.39. The summed E-state index contributed by atoms with van der Waals surface area (Å²) in [6.45, 7) is 7.38. The molecule has 1 amide bonds. The summed E-state index contributed by atoms with van der Waals surface area (Å²) < 4.78 is 0. The largest absolute Gasteiger partial charge is 0.353 e. The molecule has 0 radical (unpaired) electrons. The number of pyridine rings is 1. The number of piperazine rings is 1. The van der Waals surface area contributed by atoms with Crippen molar-refractivity contribution in [3.8, 4) is 0 Å². The Labute approximate surface area is 151 Å².